The van der Waals surface area contributed by atoms with E-state index in [0.717, 1.165) is 22.4 Å². The highest BCUT2D eigenvalue weighted by Crippen LogP contribution is 2.27. The fourth-order valence-corrected chi connectivity index (χ4v) is 6.82. The van der Waals surface area contributed by atoms with Crippen LogP contribution < -0.4 is 0 Å². The van der Waals surface area contributed by atoms with Crippen molar-refractivity contribution >= 4 is 17.4 Å². The van der Waals surface area contributed by atoms with Gasteiger partial charge >= 0.3 is 0 Å². The van der Waals surface area contributed by atoms with Crippen molar-refractivity contribution in [1.82, 2.24) is 0 Å². The Morgan fingerprint density at radius 2 is 0.612 bits per heavy atom. The summed E-state index contributed by atoms with van der Waals surface area (Å²) in [6.07, 6.45) is 0. The van der Waals surface area contributed by atoms with Crippen LogP contribution in [0, 0.1) is 41.5 Å². The van der Waals surface area contributed by atoms with E-state index in [4.69, 9.17) is 15.0 Å². The maximum atomic E-state index is 5.19. The first kappa shape index (κ1) is 31.9. The molecule has 0 spiro atoms. The molecule has 0 aliphatic carbocycles. The summed E-state index contributed by atoms with van der Waals surface area (Å²) in [5.74, 6) is 1.35. The third-order valence-corrected chi connectivity index (χ3v) is 9.00. The molecule has 1 aliphatic heterocycles. The second-order valence-electron chi connectivity index (χ2n) is 13.5. The van der Waals surface area contributed by atoms with E-state index < -0.39 is 0 Å². The minimum atomic E-state index is 0.435. The van der Waals surface area contributed by atoms with Gasteiger partial charge in [-0.05, 0) is 80.5 Å². The Labute approximate surface area is 290 Å². The van der Waals surface area contributed by atoms with Crippen LogP contribution in [-0.2, 0) is 0 Å². The first-order valence-corrected chi connectivity index (χ1v) is 16.9. The lowest BCUT2D eigenvalue weighted by molar-refractivity contribution is 1.28. The Morgan fingerprint density at radius 3 is 0.980 bits per heavy atom. The maximum Gasteiger partial charge on any atom is 0.161 e. The lowest BCUT2D eigenvalue weighted by atomic mass is 9.98. The standard InChI is InChI=1S/C46H41N3/c1-29-19-30(2)23-41(22-29)35-7-13-38(14-8-35)44-28-47-45(39-15-9-36(10-16-39)42-24-31(3)20-32(4)25-42)49-46(48-44)40-17-11-37(12-18-40)43-26-33(5)21-34(6)27-43/h7-27H,28H2,1-6H3. The summed E-state index contributed by atoms with van der Waals surface area (Å²) in [5.41, 5.74) is 18.6. The molecule has 6 aromatic carbocycles. The van der Waals surface area contributed by atoms with Gasteiger partial charge in [-0.3, -0.25) is 4.99 Å². The van der Waals surface area contributed by atoms with Crippen LogP contribution in [0.15, 0.2) is 142 Å². The van der Waals surface area contributed by atoms with Gasteiger partial charge in [0.15, 0.2) is 11.7 Å². The first-order chi connectivity index (χ1) is 23.7. The van der Waals surface area contributed by atoms with Crippen molar-refractivity contribution in [3.8, 4) is 33.4 Å². The topological polar surface area (TPSA) is 37.1 Å². The maximum absolute atomic E-state index is 5.19. The van der Waals surface area contributed by atoms with Crippen molar-refractivity contribution < 1.29 is 0 Å². The monoisotopic (exact) mass is 635 g/mol. The van der Waals surface area contributed by atoms with Gasteiger partial charge in [-0.1, -0.05) is 161 Å². The number of aliphatic imine (C=N–C) groups is 3. The van der Waals surface area contributed by atoms with E-state index in [1.807, 2.05) is 0 Å². The van der Waals surface area contributed by atoms with E-state index in [0.29, 0.717) is 18.2 Å². The van der Waals surface area contributed by atoms with Crippen LogP contribution in [0.2, 0.25) is 0 Å². The van der Waals surface area contributed by atoms with Crippen molar-refractivity contribution in [3.05, 3.63) is 177 Å². The molecule has 3 nitrogen and oxygen atoms in total. The summed E-state index contributed by atoms with van der Waals surface area (Å²) < 4.78 is 0. The van der Waals surface area contributed by atoms with Crippen LogP contribution in [0.1, 0.15) is 50.1 Å². The zero-order valence-corrected chi connectivity index (χ0v) is 29.2. The van der Waals surface area contributed by atoms with Gasteiger partial charge in [-0.25, -0.2) is 9.98 Å². The van der Waals surface area contributed by atoms with Gasteiger partial charge in [0, 0.05) is 11.1 Å². The third-order valence-electron chi connectivity index (χ3n) is 9.00. The molecule has 0 radical (unpaired) electrons. The normalized spacial score (nSPS) is 13.0. The molecule has 0 atom stereocenters. The van der Waals surface area contributed by atoms with Crippen LogP contribution >= 0.6 is 0 Å². The van der Waals surface area contributed by atoms with E-state index in [-0.39, 0.29) is 0 Å². The van der Waals surface area contributed by atoms with Crippen molar-refractivity contribution in [2.45, 2.75) is 41.5 Å². The molecule has 6 aromatic rings. The zero-order chi connectivity index (χ0) is 34.1. The van der Waals surface area contributed by atoms with Crippen LogP contribution in [0.3, 0.4) is 0 Å². The molecule has 0 bridgehead atoms. The zero-order valence-electron chi connectivity index (χ0n) is 29.2. The first-order valence-electron chi connectivity index (χ1n) is 16.9. The number of amidine groups is 2. The highest BCUT2D eigenvalue weighted by atomic mass is 15.0. The Bertz CT molecular complexity index is 2210. The van der Waals surface area contributed by atoms with E-state index in [9.17, 15) is 0 Å². The lowest BCUT2D eigenvalue weighted by Crippen LogP contribution is -2.08. The fraction of sp³-hybridized carbons (Fsp3) is 0.152. The lowest BCUT2D eigenvalue weighted by Gasteiger charge is -2.09. The molecule has 3 heteroatoms. The van der Waals surface area contributed by atoms with Gasteiger partial charge in [0.2, 0.25) is 0 Å². The van der Waals surface area contributed by atoms with Crippen molar-refractivity contribution in [3.63, 3.8) is 0 Å². The second kappa shape index (κ2) is 13.4. The number of nitrogens with zero attached hydrogens (tertiary/aromatic N) is 3. The fourth-order valence-electron chi connectivity index (χ4n) is 6.82. The highest BCUT2D eigenvalue weighted by molar-refractivity contribution is 6.20. The van der Waals surface area contributed by atoms with E-state index in [1.165, 1.54) is 66.8 Å². The molecule has 49 heavy (non-hydrogen) atoms. The number of aryl methyl sites for hydroxylation is 6. The van der Waals surface area contributed by atoms with E-state index >= 15 is 0 Å². The van der Waals surface area contributed by atoms with Crippen LogP contribution in [0.25, 0.3) is 33.4 Å². The van der Waals surface area contributed by atoms with Gasteiger partial charge in [0.05, 0.1) is 12.3 Å². The van der Waals surface area contributed by atoms with E-state index in [1.54, 1.807) is 0 Å². The minimum absolute atomic E-state index is 0.435. The quantitative estimate of drug-likeness (QED) is 0.175. The SMILES string of the molecule is Cc1cc(C)cc(-c2ccc(C3=NC(c4ccc(-c5cc(C)cc(C)c5)cc4)=NC(c4ccc(-c5cc(C)cc(C)c5)cc4)=NC3)cc2)c1. The second-order valence-corrected chi connectivity index (χ2v) is 13.5. The molecule has 0 amide bonds. The molecule has 240 valence electrons. The molecule has 7 rings (SSSR count). The Morgan fingerprint density at radius 1 is 0.306 bits per heavy atom. The largest absolute Gasteiger partial charge is 0.260 e. The molecule has 0 saturated heterocycles. The Kier molecular flexibility index (Phi) is 8.76. The molecule has 1 aliphatic rings. The summed E-state index contributed by atoms with van der Waals surface area (Å²) in [4.78, 5) is 15.4. The predicted molar refractivity (Wildman–Crippen MR) is 209 cm³/mol. The van der Waals surface area contributed by atoms with Gasteiger partial charge in [0.25, 0.3) is 0 Å². The molecule has 0 aromatic heterocycles. The summed E-state index contributed by atoms with van der Waals surface area (Å²) in [6.45, 7) is 13.3. The summed E-state index contributed by atoms with van der Waals surface area (Å²) in [6, 6.07) is 45.9. The van der Waals surface area contributed by atoms with Crippen molar-refractivity contribution in [2.24, 2.45) is 15.0 Å². The Hall–Kier alpha value is -5.67. The van der Waals surface area contributed by atoms with Gasteiger partial charge in [0.1, 0.15) is 0 Å². The molecule has 0 N–H and O–H groups in total. The highest BCUT2D eigenvalue weighted by Gasteiger charge is 2.16. The van der Waals surface area contributed by atoms with E-state index in [2.05, 4.69) is 169 Å². The van der Waals surface area contributed by atoms with Gasteiger partial charge < -0.3 is 0 Å². The number of benzene rings is 6. The summed E-state index contributed by atoms with van der Waals surface area (Å²) in [5, 5.41) is 0. The predicted octanol–water partition coefficient (Wildman–Crippen LogP) is 11.2. The average molecular weight is 636 g/mol. The summed E-state index contributed by atoms with van der Waals surface area (Å²) in [7, 11) is 0. The molecular weight excluding hydrogens is 595 g/mol. The summed E-state index contributed by atoms with van der Waals surface area (Å²) >= 11 is 0. The van der Waals surface area contributed by atoms with Crippen molar-refractivity contribution in [1.29, 1.82) is 0 Å². The molecular formula is C46H41N3. The average Bonchev–Trinajstić information content (AvgIpc) is 3.31. The smallest absolute Gasteiger partial charge is 0.161 e. The van der Waals surface area contributed by atoms with Crippen LogP contribution in [0.4, 0.5) is 0 Å². The minimum Gasteiger partial charge on any atom is -0.260 e. The molecule has 1 heterocycles. The number of rotatable bonds is 6. The molecule has 0 fully saturated rings. The van der Waals surface area contributed by atoms with Crippen LogP contribution in [-0.4, -0.2) is 23.9 Å². The number of hydrogen-bond donors (Lipinski definition) is 0. The van der Waals surface area contributed by atoms with Gasteiger partial charge in [-0.15, -0.1) is 0 Å². The van der Waals surface area contributed by atoms with Crippen LogP contribution in [0.5, 0.6) is 0 Å². The molecule has 0 saturated carbocycles. The third kappa shape index (κ3) is 7.27. The van der Waals surface area contributed by atoms with Crippen molar-refractivity contribution in [2.75, 3.05) is 6.54 Å². The molecule has 0 unspecified atom stereocenters. The Balaban J connectivity index is 1.25. The number of hydrogen-bond acceptors (Lipinski definition) is 3. The van der Waals surface area contributed by atoms with Gasteiger partial charge in [-0.2, -0.15) is 0 Å².